The summed E-state index contributed by atoms with van der Waals surface area (Å²) < 4.78 is 0. The van der Waals surface area contributed by atoms with Crippen molar-refractivity contribution in [1.82, 2.24) is 0 Å². The number of benzene rings is 1. The zero-order chi connectivity index (χ0) is 8.10. The Kier molecular flexibility index (Phi) is 3.12. The van der Waals surface area contributed by atoms with Crippen LogP contribution in [0.5, 0.6) is 0 Å². The van der Waals surface area contributed by atoms with Gasteiger partial charge in [-0.25, -0.2) is 0 Å². The Morgan fingerprint density at radius 1 is 1.55 bits per heavy atom. The second-order valence-electron chi connectivity index (χ2n) is 2.62. The molecule has 0 aliphatic heterocycles. The topological polar surface area (TPSA) is 20.2 Å². The fraction of sp³-hybridized carbons (Fsp3) is 0.400. The van der Waals surface area contributed by atoms with Gasteiger partial charge in [-0.2, -0.15) is 0 Å². The maximum absolute atomic E-state index is 9.49. The molecule has 0 bridgehead atoms. The largest absolute Gasteiger partial charge is 0.388 e. The first-order valence-corrected chi connectivity index (χ1v) is 3.99. The van der Waals surface area contributed by atoms with Crippen molar-refractivity contribution in [3.05, 3.63) is 35.9 Å². The van der Waals surface area contributed by atoms with E-state index in [0.717, 1.165) is 18.4 Å². The highest BCUT2D eigenvalue weighted by Gasteiger charge is 2.03. The minimum Gasteiger partial charge on any atom is -0.388 e. The quantitative estimate of drug-likeness (QED) is 0.699. The fourth-order valence-electron chi connectivity index (χ4n) is 1.04. The molecule has 11 heavy (non-hydrogen) atoms. The molecule has 0 aliphatic carbocycles. The van der Waals surface area contributed by atoms with Crippen LogP contribution in [0.3, 0.4) is 0 Å². The Labute approximate surface area is 67.7 Å². The average Bonchev–Trinajstić information content (AvgIpc) is 2.07. The number of aliphatic hydroxyl groups excluding tert-OH is 1. The summed E-state index contributed by atoms with van der Waals surface area (Å²) in [4.78, 5) is 0. The highest BCUT2D eigenvalue weighted by molar-refractivity contribution is 5.15. The molecule has 1 heteroatoms. The van der Waals surface area contributed by atoms with Crippen molar-refractivity contribution in [2.75, 3.05) is 0 Å². The SMILES string of the molecule is CCCC(O)c1[c]cccc1. The van der Waals surface area contributed by atoms with Crippen LogP contribution in [0.25, 0.3) is 0 Å². The van der Waals surface area contributed by atoms with Gasteiger partial charge in [-0.3, -0.25) is 0 Å². The molecule has 0 saturated carbocycles. The van der Waals surface area contributed by atoms with Gasteiger partial charge in [-0.15, -0.1) is 0 Å². The third-order valence-electron chi connectivity index (χ3n) is 1.65. The third-order valence-corrected chi connectivity index (χ3v) is 1.65. The Balaban J connectivity index is 2.61. The molecule has 59 valence electrons. The Morgan fingerprint density at radius 3 is 2.91 bits per heavy atom. The van der Waals surface area contributed by atoms with Crippen LogP contribution in [0.2, 0.25) is 0 Å². The molecule has 1 atom stereocenters. The fourth-order valence-corrected chi connectivity index (χ4v) is 1.04. The van der Waals surface area contributed by atoms with E-state index in [9.17, 15) is 5.11 Å². The monoisotopic (exact) mass is 149 g/mol. The molecular weight excluding hydrogens is 136 g/mol. The summed E-state index contributed by atoms with van der Waals surface area (Å²) in [6.07, 6.45) is 1.49. The van der Waals surface area contributed by atoms with E-state index in [1.807, 2.05) is 24.3 Å². The van der Waals surface area contributed by atoms with Gasteiger partial charge in [-0.1, -0.05) is 37.6 Å². The van der Waals surface area contributed by atoms with Crippen LogP contribution in [0.15, 0.2) is 24.3 Å². The third kappa shape index (κ3) is 2.35. The summed E-state index contributed by atoms with van der Waals surface area (Å²) >= 11 is 0. The van der Waals surface area contributed by atoms with E-state index >= 15 is 0 Å². The number of rotatable bonds is 3. The summed E-state index contributed by atoms with van der Waals surface area (Å²) in [5, 5.41) is 9.49. The Hall–Kier alpha value is -0.820. The van der Waals surface area contributed by atoms with Crippen molar-refractivity contribution in [3.63, 3.8) is 0 Å². The molecule has 0 aromatic heterocycles. The predicted molar refractivity (Wildman–Crippen MR) is 45.1 cm³/mol. The molecule has 1 nitrogen and oxygen atoms in total. The van der Waals surface area contributed by atoms with Crippen molar-refractivity contribution in [2.45, 2.75) is 25.9 Å². The molecule has 1 N–H and O–H groups in total. The van der Waals surface area contributed by atoms with Gasteiger partial charge in [0.15, 0.2) is 0 Å². The van der Waals surface area contributed by atoms with E-state index in [4.69, 9.17) is 0 Å². The Bertz CT molecular complexity index is 193. The van der Waals surface area contributed by atoms with Crippen LogP contribution in [0.4, 0.5) is 0 Å². The molecule has 1 rings (SSSR count). The number of aliphatic hydroxyl groups is 1. The summed E-state index contributed by atoms with van der Waals surface area (Å²) in [6.45, 7) is 2.06. The highest BCUT2D eigenvalue weighted by Crippen LogP contribution is 2.16. The van der Waals surface area contributed by atoms with Crippen LogP contribution in [-0.2, 0) is 0 Å². The first-order valence-electron chi connectivity index (χ1n) is 3.99. The van der Waals surface area contributed by atoms with E-state index < -0.39 is 0 Å². The van der Waals surface area contributed by atoms with Crippen molar-refractivity contribution >= 4 is 0 Å². The second kappa shape index (κ2) is 4.14. The molecule has 1 radical (unpaired) electrons. The lowest BCUT2D eigenvalue weighted by atomic mass is 10.1. The molecule has 0 fully saturated rings. The zero-order valence-corrected chi connectivity index (χ0v) is 6.75. The van der Waals surface area contributed by atoms with Gasteiger partial charge in [0.05, 0.1) is 6.10 Å². The lowest BCUT2D eigenvalue weighted by Gasteiger charge is -2.07. The van der Waals surface area contributed by atoms with Crippen molar-refractivity contribution in [3.8, 4) is 0 Å². The van der Waals surface area contributed by atoms with Gasteiger partial charge < -0.3 is 5.11 Å². The summed E-state index contributed by atoms with van der Waals surface area (Å²) in [7, 11) is 0. The molecule has 0 saturated heterocycles. The standard InChI is InChI=1S/C10H13O/c1-2-6-10(11)9-7-4-3-5-8-9/h3-5,7,10-11H,2,6H2,1H3. The van der Waals surface area contributed by atoms with Crippen LogP contribution in [0.1, 0.15) is 31.4 Å². The smallest absolute Gasteiger partial charge is 0.0796 e. The van der Waals surface area contributed by atoms with E-state index in [2.05, 4.69) is 13.0 Å². The lowest BCUT2D eigenvalue weighted by Crippen LogP contribution is -1.95. The first-order chi connectivity index (χ1) is 5.34. The van der Waals surface area contributed by atoms with E-state index in [-0.39, 0.29) is 6.10 Å². The normalized spacial score (nSPS) is 12.9. The van der Waals surface area contributed by atoms with E-state index in [1.54, 1.807) is 0 Å². The molecule has 0 spiro atoms. The minimum atomic E-state index is -0.332. The predicted octanol–water partition coefficient (Wildman–Crippen LogP) is 2.32. The molecule has 0 amide bonds. The van der Waals surface area contributed by atoms with Gasteiger partial charge in [0, 0.05) is 0 Å². The highest BCUT2D eigenvalue weighted by atomic mass is 16.3. The zero-order valence-electron chi connectivity index (χ0n) is 6.75. The average molecular weight is 149 g/mol. The summed E-state index contributed by atoms with van der Waals surface area (Å²) in [5.41, 5.74) is 0.898. The maximum atomic E-state index is 9.49. The lowest BCUT2D eigenvalue weighted by molar-refractivity contribution is 0.166. The Morgan fingerprint density at radius 2 is 2.36 bits per heavy atom. The van der Waals surface area contributed by atoms with Gasteiger partial charge in [0.1, 0.15) is 0 Å². The van der Waals surface area contributed by atoms with Gasteiger partial charge >= 0.3 is 0 Å². The van der Waals surface area contributed by atoms with Crippen LogP contribution >= 0.6 is 0 Å². The van der Waals surface area contributed by atoms with Crippen LogP contribution in [0, 0.1) is 6.07 Å². The minimum absolute atomic E-state index is 0.332. The maximum Gasteiger partial charge on any atom is 0.0796 e. The first kappa shape index (κ1) is 8.28. The van der Waals surface area contributed by atoms with Crippen LogP contribution in [-0.4, -0.2) is 5.11 Å². The van der Waals surface area contributed by atoms with Gasteiger partial charge in [0.2, 0.25) is 0 Å². The van der Waals surface area contributed by atoms with Crippen molar-refractivity contribution in [1.29, 1.82) is 0 Å². The van der Waals surface area contributed by atoms with E-state index in [0.29, 0.717) is 0 Å². The molecule has 1 unspecified atom stereocenters. The van der Waals surface area contributed by atoms with Crippen LogP contribution < -0.4 is 0 Å². The molecule has 1 aromatic rings. The second-order valence-corrected chi connectivity index (χ2v) is 2.62. The number of hydrogen-bond donors (Lipinski definition) is 1. The van der Waals surface area contributed by atoms with E-state index in [1.165, 1.54) is 0 Å². The summed E-state index contributed by atoms with van der Waals surface area (Å²) in [6, 6.07) is 10.6. The van der Waals surface area contributed by atoms with Gasteiger partial charge in [0.25, 0.3) is 0 Å². The van der Waals surface area contributed by atoms with Crippen molar-refractivity contribution < 1.29 is 5.11 Å². The molecule has 0 aliphatic rings. The number of hydrogen-bond acceptors (Lipinski definition) is 1. The molecule has 0 heterocycles. The van der Waals surface area contributed by atoms with Gasteiger partial charge in [-0.05, 0) is 18.1 Å². The summed E-state index contributed by atoms with van der Waals surface area (Å²) in [5.74, 6) is 0. The molecule has 1 aromatic carbocycles. The van der Waals surface area contributed by atoms with Crippen molar-refractivity contribution in [2.24, 2.45) is 0 Å². The molecular formula is C10H13O.